The van der Waals surface area contributed by atoms with Crippen LogP contribution in [-0.2, 0) is 9.53 Å². The molecule has 1 aromatic carbocycles. The lowest BCUT2D eigenvalue weighted by Gasteiger charge is -2.27. The van der Waals surface area contributed by atoms with Gasteiger partial charge in [0.1, 0.15) is 6.29 Å². The van der Waals surface area contributed by atoms with Crippen molar-refractivity contribution in [3.8, 4) is 0 Å². The molecule has 142 valence electrons. The molecule has 6 heteroatoms. The van der Waals surface area contributed by atoms with Gasteiger partial charge in [0.25, 0.3) is 0 Å². The predicted molar refractivity (Wildman–Crippen MR) is 97.5 cm³/mol. The molecule has 1 fully saturated rings. The Hall–Kier alpha value is -2.24. The van der Waals surface area contributed by atoms with Crippen molar-refractivity contribution in [2.75, 3.05) is 6.61 Å². The van der Waals surface area contributed by atoms with Crippen molar-refractivity contribution in [3.05, 3.63) is 46.0 Å². The van der Waals surface area contributed by atoms with Gasteiger partial charge in [0.2, 0.25) is 6.04 Å². The first-order valence-corrected chi connectivity index (χ1v) is 9.44. The average molecular weight is 361 g/mol. The molecule has 0 spiro atoms. The Morgan fingerprint density at radius 2 is 1.88 bits per heavy atom. The predicted octanol–water partition coefficient (Wildman–Crippen LogP) is 4.05. The Kier molecular flexibility index (Phi) is 8.25. The van der Waals surface area contributed by atoms with Gasteiger partial charge in [-0.3, -0.25) is 10.1 Å². The third kappa shape index (κ3) is 5.93. The fraction of sp³-hybridized carbons (Fsp3) is 0.600. The van der Waals surface area contributed by atoms with E-state index in [-0.39, 0.29) is 23.4 Å². The molecule has 0 amide bonds. The number of carbonyl (C=O) groups excluding carboxylic acids is 2. The maximum atomic E-state index is 11.8. The summed E-state index contributed by atoms with van der Waals surface area (Å²) < 4.78 is 5.21. The molecule has 1 saturated carbocycles. The number of nitrogens with zero attached hydrogens (tertiary/aromatic N) is 1. The summed E-state index contributed by atoms with van der Waals surface area (Å²) in [6.07, 6.45) is 7.26. The van der Waals surface area contributed by atoms with Crippen LogP contribution in [0.15, 0.2) is 30.3 Å². The molecule has 2 rings (SSSR count). The summed E-state index contributed by atoms with van der Waals surface area (Å²) in [5.74, 6) is -0.925. The first-order chi connectivity index (χ1) is 12.6. The van der Waals surface area contributed by atoms with E-state index in [4.69, 9.17) is 4.74 Å². The zero-order chi connectivity index (χ0) is 18.8. The fourth-order valence-corrected chi connectivity index (χ4v) is 3.78. The fourth-order valence-electron chi connectivity index (χ4n) is 3.78. The first kappa shape index (κ1) is 20.1. The van der Waals surface area contributed by atoms with E-state index in [0.717, 1.165) is 38.4 Å². The summed E-state index contributed by atoms with van der Waals surface area (Å²) in [4.78, 5) is 34.5. The van der Waals surface area contributed by atoms with Crippen LogP contribution >= 0.6 is 0 Å². The van der Waals surface area contributed by atoms with Crippen molar-refractivity contribution in [2.24, 2.45) is 11.8 Å². The van der Waals surface area contributed by atoms with Gasteiger partial charge in [-0.25, -0.2) is 4.79 Å². The Morgan fingerprint density at radius 3 is 2.50 bits per heavy atom. The van der Waals surface area contributed by atoms with E-state index in [1.807, 2.05) is 6.07 Å². The van der Waals surface area contributed by atoms with Crippen molar-refractivity contribution < 1.29 is 19.2 Å². The second-order valence-electron chi connectivity index (χ2n) is 6.97. The highest BCUT2D eigenvalue weighted by Crippen LogP contribution is 2.32. The van der Waals surface area contributed by atoms with Gasteiger partial charge in [-0.1, -0.05) is 37.5 Å². The highest BCUT2D eigenvalue weighted by Gasteiger charge is 2.39. The molecule has 26 heavy (non-hydrogen) atoms. The van der Waals surface area contributed by atoms with Gasteiger partial charge < -0.3 is 9.53 Å². The van der Waals surface area contributed by atoms with Crippen LogP contribution < -0.4 is 0 Å². The van der Waals surface area contributed by atoms with Gasteiger partial charge in [-0.15, -0.1) is 0 Å². The van der Waals surface area contributed by atoms with Crippen LogP contribution in [-0.4, -0.2) is 29.8 Å². The number of unbranched alkanes of at least 4 members (excludes halogenated alkanes) is 1. The number of ether oxygens (including phenoxy) is 1. The molecule has 1 aliphatic carbocycles. The molecule has 0 aromatic heterocycles. The molecule has 0 radical (unpaired) electrons. The average Bonchev–Trinajstić information content (AvgIpc) is 2.67. The normalized spacial score (nSPS) is 17.2. The smallest absolute Gasteiger partial charge is 0.338 e. The number of benzene rings is 1. The molecule has 0 N–H and O–H groups in total. The summed E-state index contributed by atoms with van der Waals surface area (Å²) in [6.45, 7) is 0.256. The van der Waals surface area contributed by atoms with Crippen LogP contribution in [0.4, 0.5) is 0 Å². The van der Waals surface area contributed by atoms with Crippen molar-refractivity contribution in [1.29, 1.82) is 0 Å². The van der Waals surface area contributed by atoms with Crippen molar-refractivity contribution in [2.45, 2.75) is 57.4 Å². The van der Waals surface area contributed by atoms with E-state index in [2.05, 4.69) is 0 Å². The zero-order valence-corrected chi connectivity index (χ0v) is 15.0. The van der Waals surface area contributed by atoms with Crippen molar-refractivity contribution in [3.63, 3.8) is 0 Å². The minimum atomic E-state index is -0.778. The molecule has 0 bridgehead atoms. The van der Waals surface area contributed by atoms with Gasteiger partial charge >= 0.3 is 5.97 Å². The molecule has 1 aliphatic rings. The molecular formula is C20H27NO5. The molecular weight excluding hydrogens is 334 g/mol. The van der Waals surface area contributed by atoms with E-state index in [1.54, 1.807) is 24.3 Å². The summed E-state index contributed by atoms with van der Waals surface area (Å²) in [5, 5.41) is 11.5. The number of aldehydes is 1. The van der Waals surface area contributed by atoms with Gasteiger partial charge in [-0.2, -0.15) is 0 Å². The zero-order valence-electron chi connectivity index (χ0n) is 15.0. The molecule has 0 saturated heterocycles. The number of nitro groups is 1. The van der Waals surface area contributed by atoms with Crippen LogP contribution in [0.5, 0.6) is 0 Å². The maximum Gasteiger partial charge on any atom is 0.338 e. The standard InChI is InChI=1S/C20H27NO5/c22-15-18(19(21(24)25)16-9-3-1-4-10-16)13-7-8-14-26-20(23)17-11-5-2-6-12-17/h2,5-6,11-12,15-16,18-19H,1,3-4,7-10,13-14H2/t18-,19-/m0/s1. The summed E-state index contributed by atoms with van der Waals surface area (Å²) in [5.41, 5.74) is 0.504. The van der Waals surface area contributed by atoms with Gasteiger partial charge in [0.15, 0.2) is 0 Å². The lowest BCUT2D eigenvalue weighted by Crippen LogP contribution is -2.38. The minimum Gasteiger partial charge on any atom is -0.462 e. The Balaban J connectivity index is 1.75. The topological polar surface area (TPSA) is 86.5 Å². The number of carbonyl (C=O) groups is 2. The van der Waals surface area contributed by atoms with Crippen LogP contribution in [0, 0.1) is 22.0 Å². The van der Waals surface area contributed by atoms with E-state index < -0.39 is 12.0 Å². The molecule has 6 nitrogen and oxygen atoms in total. The SMILES string of the molecule is O=C[C@H](CCCCOC(=O)c1ccccc1)[C@H](C1CCCCC1)[N+](=O)[O-]. The monoisotopic (exact) mass is 361 g/mol. The maximum absolute atomic E-state index is 11.8. The Bertz CT molecular complexity index is 583. The lowest BCUT2D eigenvalue weighted by molar-refractivity contribution is -0.540. The highest BCUT2D eigenvalue weighted by molar-refractivity contribution is 5.89. The van der Waals surface area contributed by atoms with Crippen molar-refractivity contribution in [1.82, 2.24) is 0 Å². The Labute approximate surface area is 154 Å². The van der Waals surface area contributed by atoms with Crippen molar-refractivity contribution >= 4 is 12.3 Å². The van der Waals surface area contributed by atoms with Crippen LogP contribution in [0.1, 0.15) is 61.7 Å². The molecule has 0 unspecified atom stereocenters. The largest absolute Gasteiger partial charge is 0.462 e. The van der Waals surface area contributed by atoms with Crippen LogP contribution in [0.25, 0.3) is 0 Å². The van der Waals surface area contributed by atoms with E-state index in [9.17, 15) is 19.7 Å². The number of hydrogen-bond acceptors (Lipinski definition) is 5. The lowest BCUT2D eigenvalue weighted by atomic mass is 9.78. The number of esters is 1. The summed E-state index contributed by atoms with van der Waals surface area (Å²) in [6, 6.07) is 7.98. The first-order valence-electron chi connectivity index (χ1n) is 9.44. The Morgan fingerprint density at radius 1 is 1.19 bits per heavy atom. The minimum absolute atomic E-state index is 0.00450. The summed E-state index contributed by atoms with van der Waals surface area (Å²) in [7, 11) is 0. The molecule has 0 aliphatic heterocycles. The quantitative estimate of drug-likeness (QED) is 0.206. The second-order valence-corrected chi connectivity index (χ2v) is 6.97. The third-order valence-corrected chi connectivity index (χ3v) is 5.16. The van der Waals surface area contributed by atoms with Gasteiger partial charge in [-0.05, 0) is 44.2 Å². The van der Waals surface area contributed by atoms with Gasteiger partial charge in [0, 0.05) is 10.8 Å². The molecule has 0 heterocycles. The highest BCUT2D eigenvalue weighted by atomic mass is 16.6. The van der Waals surface area contributed by atoms with Crippen LogP contribution in [0.2, 0.25) is 0 Å². The van der Waals surface area contributed by atoms with E-state index in [1.165, 1.54) is 0 Å². The van der Waals surface area contributed by atoms with E-state index >= 15 is 0 Å². The van der Waals surface area contributed by atoms with Gasteiger partial charge in [0.05, 0.1) is 18.1 Å². The van der Waals surface area contributed by atoms with E-state index in [0.29, 0.717) is 24.8 Å². The van der Waals surface area contributed by atoms with Crippen LogP contribution in [0.3, 0.4) is 0 Å². The summed E-state index contributed by atoms with van der Waals surface area (Å²) >= 11 is 0. The number of rotatable bonds is 10. The molecule has 2 atom stereocenters. The third-order valence-electron chi connectivity index (χ3n) is 5.16. The number of hydrogen-bond donors (Lipinski definition) is 0. The second kappa shape index (κ2) is 10.7. The molecule has 1 aromatic rings.